The number of rotatable bonds is 2. The van der Waals surface area contributed by atoms with Crippen LogP contribution in [0.1, 0.15) is 38.4 Å². The third kappa shape index (κ3) is 2.25. The molecule has 0 saturated carbocycles. The normalized spacial score (nSPS) is 28.8. The highest BCUT2D eigenvalue weighted by atomic mass is 35.5. The standard InChI is InChI=1S/C14H24ClN3/c1-9-6-10(2)12(4)18(8-9)14-13(7-15)11(3)16-17(14)5/h9-10,12H,6-8H2,1-5H3. The van der Waals surface area contributed by atoms with Crippen LogP contribution in [0.15, 0.2) is 0 Å². The Morgan fingerprint density at radius 3 is 2.61 bits per heavy atom. The van der Waals surface area contributed by atoms with Gasteiger partial charge >= 0.3 is 0 Å². The van der Waals surface area contributed by atoms with E-state index in [9.17, 15) is 0 Å². The van der Waals surface area contributed by atoms with E-state index in [0.717, 1.165) is 18.2 Å². The zero-order valence-electron chi connectivity index (χ0n) is 12.1. The van der Waals surface area contributed by atoms with Crippen molar-refractivity contribution in [1.82, 2.24) is 9.78 Å². The maximum Gasteiger partial charge on any atom is 0.131 e. The van der Waals surface area contributed by atoms with Crippen molar-refractivity contribution >= 4 is 17.4 Å². The molecule has 0 amide bonds. The second-order valence-electron chi connectivity index (χ2n) is 5.86. The van der Waals surface area contributed by atoms with E-state index in [0.29, 0.717) is 17.8 Å². The fraction of sp³-hybridized carbons (Fsp3) is 0.786. The van der Waals surface area contributed by atoms with E-state index in [2.05, 4.69) is 30.8 Å². The molecule has 1 aliphatic heterocycles. The van der Waals surface area contributed by atoms with Crippen LogP contribution in [0.25, 0.3) is 0 Å². The molecule has 0 aliphatic carbocycles. The Balaban J connectivity index is 2.40. The highest BCUT2D eigenvalue weighted by molar-refractivity contribution is 6.17. The molecule has 1 aromatic rings. The molecule has 0 bridgehead atoms. The summed E-state index contributed by atoms with van der Waals surface area (Å²) < 4.78 is 1.99. The van der Waals surface area contributed by atoms with Crippen LogP contribution in [0.3, 0.4) is 0 Å². The molecule has 102 valence electrons. The van der Waals surface area contributed by atoms with Gasteiger partial charge in [0.25, 0.3) is 0 Å². The van der Waals surface area contributed by atoms with Gasteiger partial charge in [0.15, 0.2) is 0 Å². The van der Waals surface area contributed by atoms with Gasteiger partial charge in [-0.2, -0.15) is 5.10 Å². The Bertz CT molecular complexity index is 427. The van der Waals surface area contributed by atoms with Crippen LogP contribution >= 0.6 is 11.6 Å². The molecule has 0 spiro atoms. The number of hydrogen-bond donors (Lipinski definition) is 0. The van der Waals surface area contributed by atoms with Crippen LogP contribution in [0.4, 0.5) is 5.82 Å². The van der Waals surface area contributed by atoms with Gasteiger partial charge in [-0.05, 0) is 32.1 Å². The Morgan fingerprint density at radius 1 is 1.33 bits per heavy atom. The zero-order valence-corrected chi connectivity index (χ0v) is 12.8. The van der Waals surface area contributed by atoms with Crippen LogP contribution in [0.5, 0.6) is 0 Å². The highest BCUT2D eigenvalue weighted by Gasteiger charge is 2.32. The van der Waals surface area contributed by atoms with E-state index < -0.39 is 0 Å². The molecule has 18 heavy (non-hydrogen) atoms. The van der Waals surface area contributed by atoms with E-state index in [1.807, 2.05) is 18.7 Å². The second-order valence-corrected chi connectivity index (χ2v) is 6.12. The van der Waals surface area contributed by atoms with Gasteiger partial charge in [-0.15, -0.1) is 11.6 Å². The van der Waals surface area contributed by atoms with Gasteiger partial charge < -0.3 is 4.90 Å². The number of nitrogens with zero attached hydrogens (tertiary/aromatic N) is 3. The summed E-state index contributed by atoms with van der Waals surface area (Å²) in [5.74, 6) is 3.20. The molecule has 1 aromatic heterocycles. The average Bonchev–Trinajstić information content (AvgIpc) is 2.58. The number of aromatic nitrogens is 2. The Morgan fingerprint density at radius 2 is 2.00 bits per heavy atom. The van der Waals surface area contributed by atoms with Gasteiger partial charge in [-0.25, -0.2) is 0 Å². The first-order valence-electron chi connectivity index (χ1n) is 6.80. The zero-order chi connectivity index (χ0) is 13.4. The molecule has 0 N–H and O–H groups in total. The Hall–Kier alpha value is -0.700. The minimum absolute atomic E-state index is 0.543. The van der Waals surface area contributed by atoms with Gasteiger partial charge in [0, 0.05) is 25.2 Å². The van der Waals surface area contributed by atoms with Crippen LogP contribution < -0.4 is 4.90 Å². The quantitative estimate of drug-likeness (QED) is 0.768. The molecule has 0 aromatic carbocycles. The number of aryl methyl sites for hydroxylation is 2. The van der Waals surface area contributed by atoms with Crippen molar-refractivity contribution in [1.29, 1.82) is 0 Å². The van der Waals surface area contributed by atoms with Crippen molar-refractivity contribution in [2.24, 2.45) is 18.9 Å². The van der Waals surface area contributed by atoms with Crippen LogP contribution in [-0.2, 0) is 12.9 Å². The number of hydrogen-bond acceptors (Lipinski definition) is 2. The van der Waals surface area contributed by atoms with Gasteiger partial charge in [-0.1, -0.05) is 13.8 Å². The molecule has 4 heteroatoms. The molecule has 3 atom stereocenters. The maximum atomic E-state index is 6.11. The number of anilines is 1. The fourth-order valence-corrected chi connectivity index (χ4v) is 3.51. The maximum absolute atomic E-state index is 6.11. The topological polar surface area (TPSA) is 21.1 Å². The number of alkyl halides is 1. The summed E-state index contributed by atoms with van der Waals surface area (Å²) in [4.78, 5) is 2.50. The molecule has 1 aliphatic rings. The van der Waals surface area contributed by atoms with Crippen LogP contribution in [-0.4, -0.2) is 22.4 Å². The average molecular weight is 270 g/mol. The predicted molar refractivity (Wildman–Crippen MR) is 77.3 cm³/mol. The van der Waals surface area contributed by atoms with E-state index in [-0.39, 0.29) is 0 Å². The summed E-state index contributed by atoms with van der Waals surface area (Å²) >= 11 is 6.11. The molecule has 2 heterocycles. The van der Waals surface area contributed by atoms with E-state index in [1.165, 1.54) is 17.8 Å². The van der Waals surface area contributed by atoms with Gasteiger partial charge in [-0.3, -0.25) is 4.68 Å². The summed E-state index contributed by atoms with van der Waals surface area (Å²) in [5, 5.41) is 4.53. The van der Waals surface area contributed by atoms with E-state index in [4.69, 9.17) is 11.6 Å². The van der Waals surface area contributed by atoms with Gasteiger partial charge in [0.1, 0.15) is 5.82 Å². The summed E-state index contributed by atoms with van der Waals surface area (Å²) in [6.07, 6.45) is 1.31. The van der Waals surface area contributed by atoms with E-state index >= 15 is 0 Å². The first kappa shape index (κ1) is 13.7. The summed E-state index contributed by atoms with van der Waals surface area (Å²) in [6, 6.07) is 0.554. The van der Waals surface area contributed by atoms with Crippen molar-refractivity contribution in [3.63, 3.8) is 0 Å². The van der Waals surface area contributed by atoms with Crippen LogP contribution in [0.2, 0.25) is 0 Å². The van der Waals surface area contributed by atoms with Crippen molar-refractivity contribution in [3.05, 3.63) is 11.3 Å². The van der Waals surface area contributed by atoms with E-state index in [1.54, 1.807) is 0 Å². The lowest BCUT2D eigenvalue weighted by atomic mass is 9.86. The van der Waals surface area contributed by atoms with Crippen molar-refractivity contribution in [2.45, 2.75) is 46.0 Å². The lowest BCUT2D eigenvalue weighted by Crippen LogP contribution is -2.47. The van der Waals surface area contributed by atoms with Crippen LogP contribution in [0, 0.1) is 18.8 Å². The molecular weight excluding hydrogens is 246 g/mol. The smallest absolute Gasteiger partial charge is 0.131 e. The SMILES string of the molecule is Cc1nn(C)c(N2CC(C)CC(C)C2C)c1CCl. The lowest BCUT2D eigenvalue weighted by molar-refractivity contribution is 0.293. The first-order chi connectivity index (χ1) is 8.45. The number of piperidine rings is 1. The summed E-state index contributed by atoms with van der Waals surface area (Å²) in [5.41, 5.74) is 2.24. The monoisotopic (exact) mass is 269 g/mol. The molecule has 0 radical (unpaired) electrons. The largest absolute Gasteiger partial charge is 0.353 e. The lowest BCUT2D eigenvalue weighted by Gasteiger charge is -2.42. The Kier molecular flexibility index (Phi) is 3.90. The summed E-state index contributed by atoms with van der Waals surface area (Å²) in [6.45, 7) is 10.1. The highest BCUT2D eigenvalue weighted by Crippen LogP contribution is 2.34. The minimum atomic E-state index is 0.543. The minimum Gasteiger partial charge on any atom is -0.353 e. The van der Waals surface area contributed by atoms with Gasteiger partial charge in [0.05, 0.1) is 11.6 Å². The Labute approximate surface area is 115 Å². The molecule has 1 fully saturated rings. The van der Waals surface area contributed by atoms with Crippen molar-refractivity contribution in [2.75, 3.05) is 11.4 Å². The van der Waals surface area contributed by atoms with Crippen molar-refractivity contribution < 1.29 is 0 Å². The van der Waals surface area contributed by atoms with Gasteiger partial charge in [0.2, 0.25) is 0 Å². The molecule has 1 saturated heterocycles. The fourth-order valence-electron chi connectivity index (χ4n) is 3.20. The molecule has 3 nitrogen and oxygen atoms in total. The number of halogens is 1. The molecule has 3 unspecified atom stereocenters. The van der Waals surface area contributed by atoms with Crippen molar-refractivity contribution in [3.8, 4) is 0 Å². The first-order valence-corrected chi connectivity index (χ1v) is 7.34. The summed E-state index contributed by atoms with van der Waals surface area (Å²) in [7, 11) is 2.02. The third-order valence-electron chi connectivity index (χ3n) is 4.32. The second kappa shape index (κ2) is 5.12. The predicted octanol–water partition coefficient (Wildman–Crippen LogP) is 3.34. The molecular formula is C14H24ClN3. The molecule has 2 rings (SSSR count). The third-order valence-corrected chi connectivity index (χ3v) is 4.58.